The van der Waals surface area contributed by atoms with Gasteiger partial charge in [-0.2, -0.15) is 0 Å². The second kappa shape index (κ2) is 11.1. The van der Waals surface area contributed by atoms with Crippen molar-refractivity contribution in [3.63, 3.8) is 0 Å². The lowest BCUT2D eigenvalue weighted by Gasteiger charge is -2.03. The van der Waals surface area contributed by atoms with E-state index >= 15 is 0 Å². The van der Waals surface area contributed by atoms with Crippen molar-refractivity contribution < 1.29 is 9.53 Å². The van der Waals surface area contributed by atoms with Crippen molar-refractivity contribution >= 4 is 5.97 Å². The van der Waals surface area contributed by atoms with Gasteiger partial charge in [0.1, 0.15) is 6.61 Å². The number of carbonyl (C=O) groups is 1. The summed E-state index contributed by atoms with van der Waals surface area (Å²) in [5.74, 6) is -0.155. The molecule has 0 spiro atoms. The molecule has 1 heterocycles. The highest BCUT2D eigenvalue weighted by atomic mass is 16.5. The van der Waals surface area contributed by atoms with Crippen molar-refractivity contribution in [2.45, 2.75) is 84.0 Å². The van der Waals surface area contributed by atoms with Crippen LogP contribution in [0.2, 0.25) is 0 Å². The van der Waals surface area contributed by atoms with Crippen LogP contribution in [-0.2, 0) is 9.53 Å². The Hall–Kier alpha value is -0.790. The molecule has 0 saturated carbocycles. The van der Waals surface area contributed by atoms with Crippen LogP contribution in [0.5, 0.6) is 0 Å². The van der Waals surface area contributed by atoms with Crippen molar-refractivity contribution in [3.8, 4) is 0 Å². The van der Waals surface area contributed by atoms with Gasteiger partial charge >= 0.3 is 5.97 Å². The Balaban J connectivity index is 1.76. The second-order valence-corrected chi connectivity index (χ2v) is 5.70. The number of rotatable bonds is 12. The molecule has 0 saturated heterocycles. The van der Waals surface area contributed by atoms with Gasteiger partial charge in [0.15, 0.2) is 0 Å². The van der Waals surface area contributed by atoms with E-state index in [1.807, 2.05) is 0 Å². The summed E-state index contributed by atoms with van der Waals surface area (Å²) < 4.78 is 4.88. The number of cyclic esters (lactones) is 1. The van der Waals surface area contributed by atoms with Crippen molar-refractivity contribution in [3.05, 3.63) is 11.6 Å². The summed E-state index contributed by atoms with van der Waals surface area (Å²) in [7, 11) is 0. The zero-order valence-corrected chi connectivity index (χ0v) is 12.6. The Labute approximate surface area is 118 Å². The summed E-state index contributed by atoms with van der Waals surface area (Å²) in [6, 6.07) is 0. The molecule has 110 valence electrons. The molecule has 2 nitrogen and oxygen atoms in total. The maximum atomic E-state index is 10.9. The Morgan fingerprint density at radius 3 is 1.89 bits per heavy atom. The third-order valence-electron chi connectivity index (χ3n) is 3.82. The highest BCUT2D eigenvalue weighted by Gasteiger charge is 2.11. The van der Waals surface area contributed by atoms with Gasteiger partial charge in [0.2, 0.25) is 0 Å². The average Bonchev–Trinajstić information content (AvgIpc) is 2.82. The summed E-state index contributed by atoms with van der Waals surface area (Å²) in [6.07, 6.45) is 17.8. The molecule has 0 amide bonds. The third kappa shape index (κ3) is 8.85. The fraction of sp³-hybridized carbons (Fsp3) is 0.824. The van der Waals surface area contributed by atoms with Crippen LogP contribution in [0.4, 0.5) is 0 Å². The first-order valence-corrected chi connectivity index (χ1v) is 8.19. The van der Waals surface area contributed by atoms with Crippen LogP contribution in [0.1, 0.15) is 84.0 Å². The minimum Gasteiger partial charge on any atom is -0.458 e. The van der Waals surface area contributed by atoms with E-state index in [2.05, 4.69) is 6.92 Å². The van der Waals surface area contributed by atoms with E-state index in [4.69, 9.17) is 4.74 Å². The summed E-state index contributed by atoms with van der Waals surface area (Å²) in [5.41, 5.74) is 1.18. The lowest BCUT2D eigenvalue weighted by molar-refractivity contribution is -0.134. The summed E-state index contributed by atoms with van der Waals surface area (Å²) in [6.45, 7) is 2.81. The summed E-state index contributed by atoms with van der Waals surface area (Å²) in [4.78, 5) is 10.9. The minimum atomic E-state index is -0.155. The topological polar surface area (TPSA) is 26.3 Å². The predicted octanol–water partition coefficient (Wildman–Crippen LogP) is 5.17. The van der Waals surface area contributed by atoms with E-state index in [-0.39, 0.29) is 5.97 Å². The van der Waals surface area contributed by atoms with Crippen molar-refractivity contribution in [1.82, 2.24) is 0 Å². The molecule has 0 atom stereocenters. The van der Waals surface area contributed by atoms with Crippen molar-refractivity contribution in [2.24, 2.45) is 0 Å². The van der Waals surface area contributed by atoms with E-state index in [1.165, 1.54) is 76.2 Å². The molecule has 19 heavy (non-hydrogen) atoms. The zero-order valence-electron chi connectivity index (χ0n) is 12.6. The quantitative estimate of drug-likeness (QED) is 0.360. The van der Waals surface area contributed by atoms with Crippen LogP contribution in [-0.4, -0.2) is 12.6 Å². The molecule has 2 heteroatoms. The second-order valence-electron chi connectivity index (χ2n) is 5.70. The molecule has 0 aromatic heterocycles. The SMILES string of the molecule is CCCCCCCCCCCCCC1=CC(=O)OC1. The number of carbonyl (C=O) groups excluding carboxylic acids is 1. The van der Waals surface area contributed by atoms with E-state index in [1.54, 1.807) is 6.08 Å². The van der Waals surface area contributed by atoms with Gasteiger partial charge in [-0.05, 0) is 18.4 Å². The Bertz CT molecular complexity index is 268. The van der Waals surface area contributed by atoms with Crippen LogP contribution in [0.3, 0.4) is 0 Å². The molecular weight excluding hydrogens is 236 g/mol. The van der Waals surface area contributed by atoms with E-state index in [9.17, 15) is 4.79 Å². The van der Waals surface area contributed by atoms with Gasteiger partial charge in [-0.25, -0.2) is 4.79 Å². The Morgan fingerprint density at radius 2 is 1.42 bits per heavy atom. The van der Waals surface area contributed by atoms with Gasteiger partial charge in [-0.15, -0.1) is 0 Å². The molecular formula is C17H30O2. The van der Waals surface area contributed by atoms with Crippen LogP contribution >= 0.6 is 0 Å². The van der Waals surface area contributed by atoms with Gasteiger partial charge < -0.3 is 4.74 Å². The standard InChI is InChI=1S/C17H30O2/c1-2-3-4-5-6-7-8-9-10-11-12-13-16-14-17(18)19-15-16/h14H,2-13,15H2,1H3. The lowest BCUT2D eigenvalue weighted by atomic mass is 10.0. The molecule has 1 aliphatic rings. The van der Waals surface area contributed by atoms with E-state index < -0.39 is 0 Å². The highest BCUT2D eigenvalue weighted by Crippen LogP contribution is 2.16. The zero-order chi connectivity index (χ0) is 13.8. The normalized spacial score (nSPS) is 14.6. The molecule has 1 aliphatic heterocycles. The summed E-state index contributed by atoms with van der Waals surface area (Å²) >= 11 is 0. The van der Waals surface area contributed by atoms with Gasteiger partial charge in [0, 0.05) is 6.08 Å². The van der Waals surface area contributed by atoms with E-state index in [0.717, 1.165) is 6.42 Å². The summed E-state index contributed by atoms with van der Waals surface area (Å²) in [5, 5.41) is 0. The number of hydrogen-bond acceptors (Lipinski definition) is 2. The fourth-order valence-electron chi connectivity index (χ4n) is 2.57. The van der Waals surface area contributed by atoms with Crippen molar-refractivity contribution in [1.29, 1.82) is 0 Å². The molecule has 0 bridgehead atoms. The molecule has 0 aliphatic carbocycles. The Kier molecular flexibility index (Phi) is 9.48. The number of hydrogen-bond donors (Lipinski definition) is 0. The van der Waals surface area contributed by atoms with Crippen LogP contribution in [0.15, 0.2) is 11.6 Å². The first-order chi connectivity index (χ1) is 9.33. The number of unbranched alkanes of at least 4 members (excludes halogenated alkanes) is 10. The van der Waals surface area contributed by atoms with Crippen LogP contribution in [0, 0.1) is 0 Å². The van der Waals surface area contributed by atoms with Crippen molar-refractivity contribution in [2.75, 3.05) is 6.61 Å². The van der Waals surface area contributed by atoms with Crippen LogP contribution < -0.4 is 0 Å². The number of esters is 1. The van der Waals surface area contributed by atoms with Gasteiger partial charge in [0.25, 0.3) is 0 Å². The maximum absolute atomic E-state index is 10.9. The minimum absolute atomic E-state index is 0.155. The predicted molar refractivity (Wildman–Crippen MR) is 80.1 cm³/mol. The smallest absolute Gasteiger partial charge is 0.331 e. The molecule has 0 N–H and O–H groups in total. The monoisotopic (exact) mass is 266 g/mol. The maximum Gasteiger partial charge on any atom is 0.331 e. The molecule has 0 unspecified atom stereocenters. The molecule has 0 aromatic carbocycles. The fourth-order valence-corrected chi connectivity index (χ4v) is 2.57. The number of ether oxygens (including phenoxy) is 1. The van der Waals surface area contributed by atoms with Crippen LogP contribution in [0.25, 0.3) is 0 Å². The molecule has 1 rings (SSSR count). The molecule has 0 radical (unpaired) electrons. The first-order valence-electron chi connectivity index (χ1n) is 8.19. The largest absolute Gasteiger partial charge is 0.458 e. The van der Waals surface area contributed by atoms with Gasteiger partial charge in [-0.3, -0.25) is 0 Å². The van der Waals surface area contributed by atoms with Gasteiger partial charge in [-0.1, -0.05) is 71.1 Å². The van der Waals surface area contributed by atoms with E-state index in [0.29, 0.717) is 6.61 Å². The average molecular weight is 266 g/mol. The molecule has 0 fully saturated rings. The Morgan fingerprint density at radius 1 is 0.895 bits per heavy atom. The third-order valence-corrected chi connectivity index (χ3v) is 3.82. The van der Waals surface area contributed by atoms with Gasteiger partial charge in [0.05, 0.1) is 0 Å². The first kappa shape index (κ1) is 16.3. The highest BCUT2D eigenvalue weighted by molar-refractivity contribution is 5.85. The molecule has 0 aromatic rings. The lowest BCUT2D eigenvalue weighted by Crippen LogP contribution is -1.91.